The normalized spacial score (nSPS) is 9.88. The molecular weight excluding hydrogens is 385 g/mol. The van der Waals surface area contributed by atoms with Crippen molar-refractivity contribution in [1.29, 1.82) is 0 Å². The fourth-order valence-electron chi connectivity index (χ4n) is 1.80. The summed E-state index contributed by atoms with van der Waals surface area (Å²) in [5.74, 6) is -0.325. The molecule has 0 aliphatic heterocycles. The molecule has 3 N–H and O–H groups in total. The lowest BCUT2D eigenvalue weighted by atomic mass is 10.2. The quantitative estimate of drug-likeness (QED) is 0.547. The summed E-state index contributed by atoms with van der Waals surface area (Å²) in [6.07, 6.45) is 0. The number of nitrogens with one attached hydrogen (secondary N) is 3. The highest BCUT2D eigenvalue weighted by Crippen LogP contribution is 2.20. The van der Waals surface area contributed by atoms with Crippen molar-refractivity contribution in [2.75, 3.05) is 7.11 Å². The SMILES string of the molecule is COc1ccc(C(=O)NNC(=S)NC(=O)c2ccc(Cl)cc2Cl)cc1. The van der Waals surface area contributed by atoms with Crippen LogP contribution in [0.25, 0.3) is 0 Å². The molecule has 2 amide bonds. The molecule has 0 saturated carbocycles. The van der Waals surface area contributed by atoms with Gasteiger partial charge in [0, 0.05) is 10.6 Å². The number of halogens is 2. The van der Waals surface area contributed by atoms with Gasteiger partial charge in [0.1, 0.15) is 5.75 Å². The number of carbonyl (C=O) groups excluding carboxylic acids is 2. The molecule has 0 fully saturated rings. The first kappa shape index (κ1) is 19.0. The molecule has 9 heteroatoms. The lowest BCUT2D eigenvalue weighted by Gasteiger charge is -2.11. The third-order valence-electron chi connectivity index (χ3n) is 3.04. The van der Waals surface area contributed by atoms with Crippen LogP contribution >= 0.6 is 35.4 Å². The van der Waals surface area contributed by atoms with E-state index in [-0.39, 0.29) is 15.7 Å². The van der Waals surface area contributed by atoms with E-state index >= 15 is 0 Å². The Bertz CT molecular complexity index is 813. The van der Waals surface area contributed by atoms with Gasteiger partial charge in [0.25, 0.3) is 11.8 Å². The summed E-state index contributed by atoms with van der Waals surface area (Å²) in [6, 6.07) is 10.9. The molecule has 0 saturated heterocycles. The van der Waals surface area contributed by atoms with E-state index in [9.17, 15) is 9.59 Å². The van der Waals surface area contributed by atoms with E-state index in [2.05, 4.69) is 16.2 Å². The standard InChI is InChI=1S/C16H13Cl2N3O3S/c1-24-11-5-2-9(3-6-11)14(22)20-21-16(25)19-15(23)12-7-4-10(17)8-13(12)18/h2-8H,1H3,(H,20,22)(H2,19,21,23,25). The van der Waals surface area contributed by atoms with E-state index in [0.717, 1.165) is 0 Å². The second-order valence-corrected chi connectivity index (χ2v) is 5.97. The number of carbonyl (C=O) groups is 2. The minimum atomic E-state index is -0.530. The maximum absolute atomic E-state index is 12.1. The van der Waals surface area contributed by atoms with Gasteiger partial charge in [-0.3, -0.25) is 25.8 Å². The van der Waals surface area contributed by atoms with Crippen molar-refractivity contribution in [3.63, 3.8) is 0 Å². The van der Waals surface area contributed by atoms with Gasteiger partial charge in [0.15, 0.2) is 5.11 Å². The zero-order valence-corrected chi connectivity index (χ0v) is 15.3. The maximum Gasteiger partial charge on any atom is 0.269 e. The van der Waals surface area contributed by atoms with E-state index < -0.39 is 11.8 Å². The average molecular weight is 398 g/mol. The summed E-state index contributed by atoms with van der Waals surface area (Å²) in [6.45, 7) is 0. The highest BCUT2D eigenvalue weighted by atomic mass is 35.5. The summed E-state index contributed by atoms with van der Waals surface area (Å²) in [5.41, 5.74) is 5.41. The Hall–Kier alpha value is -2.35. The number of hydrazine groups is 1. The van der Waals surface area contributed by atoms with Crippen molar-refractivity contribution in [3.05, 3.63) is 63.6 Å². The molecule has 0 bridgehead atoms. The maximum atomic E-state index is 12.1. The number of hydrogen-bond acceptors (Lipinski definition) is 4. The fourth-order valence-corrected chi connectivity index (χ4v) is 2.44. The van der Waals surface area contributed by atoms with Gasteiger partial charge in [-0.2, -0.15) is 0 Å². The summed E-state index contributed by atoms with van der Waals surface area (Å²) in [5, 5.41) is 2.92. The molecule has 0 aromatic heterocycles. The van der Waals surface area contributed by atoms with Crippen LogP contribution in [-0.2, 0) is 0 Å². The first-order chi connectivity index (χ1) is 11.9. The second kappa shape index (κ2) is 8.66. The van der Waals surface area contributed by atoms with E-state index in [1.54, 1.807) is 24.3 Å². The van der Waals surface area contributed by atoms with Gasteiger partial charge >= 0.3 is 0 Å². The molecule has 0 heterocycles. The van der Waals surface area contributed by atoms with Crippen molar-refractivity contribution >= 4 is 52.3 Å². The Morgan fingerprint density at radius 1 is 1.00 bits per heavy atom. The summed E-state index contributed by atoms with van der Waals surface area (Å²) >= 11 is 16.7. The van der Waals surface area contributed by atoms with E-state index in [1.165, 1.54) is 25.3 Å². The van der Waals surface area contributed by atoms with E-state index in [1.807, 2.05) is 0 Å². The molecule has 0 spiro atoms. The van der Waals surface area contributed by atoms with Crippen molar-refractivity contribution in [2.45, 2.75) is 0 Å². The number of benzene rings is 2. The minimum Gasteiger partial charge on any atom is -0.497 e. The molecule has 0 unspecified atom stereocenters. The van der Waals surface area contributed by atoms with Crippen LogP contribution < -0.4 is 20.9 Å². The predicted molar refractivity (Wildman–Crippen MR) is 100 cm³/mol. The van der Waals surface area contributed by atoms with Crippen molar-refractivity contribution in [2.24, 2.45) is 0 Å². The smallest absolute Gasteiger partial charge is 0.269 e. The first-order valence-electron chi connectivity index (χ1n) is 6.91. The molecule has 25 heavy (non-hydrogen) atoms. The van der Waals surface area contributed by atoms with Gasteiger partial charge < -0.3 is 4.74 Å². The Morgan fingerprint density at radius 3 is 2.28 bits per heavy atom. The topological polar surface area (TPSA) is 79.5 Å². The minimum absolute atomic E-state index is 0.0853. The molecule has 0 aliphatic carbocycles. The molecule has 6 nitrogen and oxygen atoms in total. The van der Waals surface area contributed by atoms with Crippen molar-refractivity contribution in [3.8, 4) is 5.75 Å². The van der Waals surface area contributed by atoms with Crippen LogP contribution in [0.3, 0.4) is 0 Å². The number of rotatable bonds is 3. The highest BCUT2D eigenvalue weighted by Gasteiger charge is 2.13. The molecular formula is C16H13Cl2N3O3S. The Labute approximate surface area is 159 Å². The third kappa shape index (κ3) is 5.32. The second-order valence-electron chi connectivity index (χ2n) is 4.72. The van der Waals surface area contributed by atoms with E-state index in [0.29, 0.717) is 16.3 Å². The van der Waals surface area contributed by atoms with Gasteiger partial charge in [0.2, 0.25) is 0 Å². The molecule has 0 aliphatic rings. The Kier molecular flexibility index (Phi) is 6.58. The van der Waals surface area contributed by atoms with Crippen molar-refractivity contribution in [1.82, 2.24) is 16.2 Å². The highest BCUT2D eigenvalue weighted by molar-refractivity contribution is 7.80. The lowest BCUT2D eigenvalue weighted by Crippen LogP contribution is -2.48. The Morgan fingerprint density at radius 2 is 1.68 bits per heavy atom. The summed E-state index contributed by atoms with van der Waals surface area (Å²) in [7, 11) is 1.53. The largest absolute Gasteiger partial charge is 0.497 e. The Balaban J connectivity index is 1.89. The number of hydrogen-bond donors (Lipinski definition) is 3. The lowest BCUT2D eigenvalue weighted by molar-refractivity contribution is 0.0934. The molecule has 0 radical (unpaired) electrons. The molecule has 2 aromatic rings. The zero-order chi connectivity index (χ0) is 18.4. The number of ether oxygens (including phenoxy) is 1. The third-order valence-corrected chi connectivity index (χ3v) is 3.80. The van der Waals surface area contributed by atoms with Crippen LogP contribution in [0.15, 0.2) is 42.5 Å². The van der Waals surface area contributed by atoms with Crippen LogP contribution in [0, 0.1) is 0 Å². The molecule has 0 atom stereocenters. The van der Waals surface area contributed by atoms with Gasteiger partial charge in [-0.15, -0.1) is 0 Å². The summed E-state index contributed by atoms with van der Waals surface area (Å²) in [4.78, 5) is 24.1. The van der Waals surface area contributed by atoms with Crippen LogP contribution in [0.4, 0.5) is 0 Å². The molecule has 2 rings (SSSR count). The van der Waals surface area contributed by atoms with Gasteiger partial charge in [-0.05, 0) is 54.7 Å². The summed E-state index contributed by atoms with van der Waals surface area (Å²) < 4.78 is 5.02. The van der Waals surface area contributed by atoms with Gasteiger partial charge in [0.05, 0.1) is 17.7 Å². The zero-order valence-electron chi connectivity index (χ0n) is 12.9. The fraction of sp³-hybridized carbons (Fsp3) is 0.0625. The van der Waals surface area contributed by atoms with Crippen LogP contribution in [0.1, 0.15) is 20.7 Å². The average Bonchev–Trinajstić information content (AvgIpc) is 2.59. The number of methoxy groups -OCH3 is 1. The van der Waals surface area contributed by atoms with Crippen molar-refractivity contribution < 1.29 is 14.3 Å². The monoisotopic (exact) mass is 397 g/mol. The first-order valence-corrected chi connectivity index (χ1v) is 8.08. The van der Waals surface area contributed by atoms with Crippen LogP contribution in [0.2, 0.25) is 10.0 Å². The van der Waals surface area contributed by atoms with Gasteiger partial charge in [-0.1, -0.05) is 23.2 Å². The van der Waals surface area contributed by atoms with E-state index in [4.69, 9.17) is 40.2 Å². The number of thiocarbonyl (C=S) groups is 1. The number of amides is 2. The van der Waals surface area contributed by atoms with Crippen LogP contribution in [0.5, 0.6) is 5.75 Å². The predicted octanol–water partition coefficient (Wildman–Crippen LogP) is 2.95. The van der Waals surface area contributed by atoms with Gasteiger partial charge in [-0.25, -0.2) is 0 Å². The molecule has 130 valence electrons. The van der Waals surface area contributed by atoms with Crippen LogP contribution in [-0.4, -0.2) is 24.0 Å². The molecule has 2 aromatic carbocycles.